The van der Waals surface area contributed by atoms with Crippen molar-refractivity contribution in [3.05, 3.63) is 36.0 Å². The lowest BCUT2D eigenvalue weighted by Crippen LogP contribution is -2.38. The highest BCUT2D eigenvalue weighted by molar-refractivity contribution is 5.83. The fourth-order valence-corrected chi connectivity index (χ4v) is 3.06. The molecular weight excluding hydrogens is 340 g/mol. The minimum Gasteiger partial charge on any atom is -0.466 e. The number of nitrogens with one attached hydrogen (secondary N) is 3. The summed E-state index contributed by atoms with van der Waals surface area (Å²) in [7, 11) is 1.79. The quantitative estimate of drug-likeness (QED) is 0.244. The van der Waals surface area contributed by atoms with Crippen LogP contribution in [0, 0.1) is 0 Å². The van der Waals surface area contributed by atoms with Crippen molar-refractivity contribution < 1.29 is 9.53 Å². The molecule has 148 valence electrons. The highest BCUT2D eigenvalue weighted by Gasteiger charge is 2.04. The lowest BCUT2D eigenvalue weighted by molar-refractivity contribution is -0.143. The molecule has 27 heavy (non-hydrogen) atoms. The molecule has 6 heteroatoms. The number of nitrogens with zero attached hydrogens (tertiary/aromatic N) is 1. The fraction of sp³-hybridized carbons (Fsp3) is 0.524. The molecule has 1 aromatic heterocycles. The molecule has 0 saturated heterocycles. The van der Waals surface area contributed by atoms with Crippen LogP contribution in [0.2, 0.25) is 0 Å². The predicted octanol–water partition coefficient (Wildman–Crippen LogP) is 3.39. The van der Waals surface area contributed by atoms with Crippen LogP contribution in [0.4, 0.5) is 0 Å². The lowest BCUT2D eigenvalue weighted by atomic mass is 10.1. The SMILES string of the molecule is CCOC(=O)CCCCCCNC(=NC)NCCc1c[nH]c2ccccc12. The minimum absolute atomic E-state index is 0.0876. The summed E-state index contributed by atoms with van der Waals surface area (Å²) in [5.41, 5.74) is 2.49. The molecule has 0 amide bonds. The third-order valence-electron chi connectivity index (χ3n) is 4.49. The van der Waals surface area contributed by atoms with Crippen LogP contribution in [-0.2, 0) is 16.0 Å². The highest BCUT2D eigenvalue weighted by Crippen LogP contribution is 2.17. The van der Waals surface area contributed by atoms with Gasteiger partial charge >= 0.3 is 5.97 Å². The number of H-pyrrole nitrogens is 1. The first-order chi connectivity index (χ1) is 13.2. The molecule has 3 N–H and O–H groups in total. The summed E-state index contributed by atoms with van der Waals surface area (Å²) in [5, 5.41) is 8.00. The summed E-state index contributed by atoms with van der Waals surface area (Å²) in [6.45, 7) is 4.02. The number of aromatic amines is 1. The first-order valence-corrected chi connectivity index (χ1v) is 9.89. The largest absolute Gasteiger partial charge is 0.466 e. The Morgan fingerprint density at radius 3 is 2.70 bits per heavy atom. The minimum atomic E-state index is -0.0876. The van der Waals surface area contributed by atoms with Gasteiger partial charge in [0.2, 0.25) is 0 Å². The monoisotopic (exact) mass is 372 g/mol. The van der Waals surface area contributed by atoms with Crippen molar-refractivity contribution in [1.82, 2.24) is 15.6 Å². The Morgan fingerprint density at radius 2 is 1.89 bits per heavy atom. The first-order valence-electron chi connectivity index (χ1n) is 9.89. The van der Waals surface area contributed by atoms with Gasteiger partial charge in [-0.1, -0.05) is 31.0 Å². The number of guanidine groups is 1. The number of unbranched alkanes of at least 4 members (excludes halogenated alkanes) is 3. The van der Waals surface area contributed by atoms with Crippen LogP contribution in [-0.4, -0.2) is 43.7 Å². The van der Waals surface area contributed by atoms with E-state index in [0.29, 0.717) is 13.0 Å². The predicted molar refractivity (Wildman–Crippen MR) is 111 cm³/mol. The zero-order valence-electron chi connectivity index (χ0n) is 16.5. The Kier molecular flexibility index (Phi) is 9.24. The third-order valence-corrected chi connectivity index (χ3v) is 4.49. The summed E-state index contributed by atoms with van der Waals surface area (Å²) in [4.78, 5) is 18.8. The smallest absolute Gasteiger partial charge is 0.305 e. The number of para-hydroxylation sites is 1. The number of aromatic nitrogens is 1. The molecule has 0 radical (unpaired) electrons. The van der Waals surface area contributed by atoms with Crippen molar-refractivity contribution in [2.24, 2.45) is 4.99 Å². The maximum absolute atomic E-state index is 11.3. The van der Waals surface area contributed by atoms with Crippen LogP contribution >= 0.6 is 0 Å². The molecule has 2 aromatic rings. The number of rotatable bonds is 11. The normalized spacial score (nSPS) is 11.6. The van der Waals surface area contributed by atoms with E-state index in [1.807, 2.05) is 13.0 Å². The topological polar surface area (TPSA) is 78.5 Å². The second-order valence-corrected chi connectivity index (χ2v) is 6.50. The number of fused-ring (bicyclic) bond motifs is 1. The molecule has 0 atom stereocenters. The molecule has 0 fully saturated rings. The number of carbonyl (C=O) groups excluding carboxylic acids is 1. The van der Waals surface area contributed by atoms with E-state index in [1.165, 1.54) is 16.5 Å². The van der Waals surface area contributed by atoms with Crippen LogP contribution in [0.3, 0.4) is 0 Å². The van der Waals surface area contributed by atoms with Crippen LogP contribution in [0.25, 0.3) is 10.9 Å². The molecule has 0 saturated carbocycles. The van der Waals surface area contributed by atoms with E-state index in [0.717, 1.165) is 51.2 Å². The van der Waals surface area contributed by atoms with Crippen molar-refractivity contribution >= 4 is 22.8 Å². The standard InChI is InChI=1S/C21H32N4O2/c1-3-27-20(26)12-6-4-5-9-14-23-21(22-2)24-15-13-17-16-25-19-11-8-7-10-18(17)19/h7-8,10-11,16,25H,3-6,9,12-15H2,1-2H3,(H2,22,23,24). The van der Waals surface area contributed by atoms with Gasteiger partial charge in [-0.2, -0.15) is 0 Å². The van der Waals surface area contributed by atoms with Gasteiger partial charge in [0.1, 0.15) is 0 Å². The van der Waals surface area contributed by atoms with Gasteiger partial charge in [-0.15, -0.1) is 0 Å². The fourth-order valence-electron chi connectivity index (χ4n) is 3.06. The van der Waals surface area contributed by atoms with E-state index in [-0.39, 0.29) is 5.97 Å². The van der Waals surface area contributed by atoms with E-state index in [2.05, 4.69) is 45.0 Å². The van der Waals surface area contributed by atoms with Crippen molar-refractivity contribution in [1.29, 1.82) is 0 Å². The number of aliphatic imine (C=N–C) groups is 1. The Balaban J connectivity index is 1.56. The zero-order chi connectivity index (χ0) is 19.3. The van der Waals surface area contributed by atoms with Crippen LogP contribution in [0.15, 0.2) is 35.5 Å². The van der Waals surface area contributed by atoms with Crippen molar-refractivity contribution in [3.63, 3.8) is 0 Å². The Labute approximate surface area is 161 Å². The molecule has 2 rings (SSSR count). The average molecular weight is 373 g/mol. The van der Waals surface area contributed by atoms with E-state index in [9.17, 15) is 4.79 Å². The molecule has 0 unspecified atom stereocenters. The number of hydrogen-bond acceptors (Lipinski definition) is 3. The van der Waals surface area contributed by atoms with Crippen molar-refractivity contribution in [2.75, 3.05) is 26.7 Å². The summed E-state index contributed by atoms with van der Waals surface area (Å²) in [6.07, 6.45) is 7.66. The molecule has 0 spiro atoms. The summed E-state index contributed by atoms with van der Waals surface area (Å²) in [6, 6.07) is 8.36. The first kappa shape index (κ1) is 20.8. The van der Waals surface area contributed by atoms with Gasteiger partial charge < -0.3 is 20.4 Å². The Morgan fingerprint density at radius 1 is 1.11 bits per heavy atom. The molecule has 6 nitrogen and oxygen atoms in total. The molecule has 0 aliphatic rings. The lowest BCUT2D eigenvalue weighted by Gasteiger charge is -2.11. The number of ether oxygens (including phenoxy) is 1. The van der Waals surface area contributed by atoms with Gasteiger partial charge in [0.25, 0.3) is 0 Å². The van der Waals surface area contributed by atoms with Crippen molar-refractivity contribution in [3.8, 4) is 0 Å². The summed E-state index contributed by atoms with van der Waals surface area (Å²) < 4.78 is 4.93. The van der Waals surface area contributed by atoms with E-state index >= 15 is 0 Å². The maximum atomic E-state index is 11.3. The van der Waals surface area contributed by atoms with E-state index < -0.39 is 0 Å². The molecule has 0 aliphatic carbocycles. The van der Waals surface area contributed by atoms with E-state index in [4.69, 9.17) is 4.74 Å². The second-order valence-electron chi connectivity index (χ2n) is 6.50. The van der Waals surface area contributed by atoms with Gasteiger partial charge in [0.05, 0.1) is 6.61 Å². The van der Waals surface area contributed by atoms with E-state index in [1.54, 1.807) is 7.05 Å². The van der Waals surface area contributed by atoms with Crippen LogP contribution < -0.4 is 10.6 Å². The van der Waals surface area contributed by atoms with Gasteiger partial charge in [0.15, 0.2) is 5.96 Å². The Bertz CT molecular complexity index is 724. The van der Waals surface area contributed by atoms with Gasteiger partial charge in [-0.05, 0) is 37.8 Å². The summed E-state index contributed by atoms with van der Waals surface area (Å²) in [5.74, 6) is 0.747. The van der Waals surface area contributed by atoms with Gasteiger partial charge in [0, 0.05) is 43.7 Å². The molecule has 0 bridgehead atoms. The summed E-state index contributed by atoms with van der Waals surface area (Å²) >= 11 is 0. The average Bonchev–Trinajstić information content (AvgIpc) is 3.09. The second kappa shape index (κ2) is 12.0. The van der Waals surface area contributed by atoms with Gasteiger partial charge in [-0.25, -0.2) is 0 Å². The zero-order valence-corrected chi connectivity index (χ0v) is 16.5. The van der Waals surface area contributed by atoms with Crippen LogP contribution in [0.1, 0.15) is 44.6 Å². The Hall–Kier alpha value is -2.50. The number of esters is 1. The molecule has 1 aromatic carbocycles. The van der Waals surface area contributed by atoms with Gasteiger partial charge in [-0.3, -0.25) is 9.79 Å². The number of hydrogen-bond donors (Lipinski definition) is 3. The molecular formula is C21H32N4O2. The molecule has 0 aliphatic heterocycles. The number of carbonyl (C=O) groups is 1. The molecule has 1 heterocycles. The maximum Gasteiger partial charge on any atom is 0.305 e. The van der Waals surface area contributed by atoms with Crippen molar-refractivity contribution in [2.45, 2.75) is 45.4 Å². The van der Waals surface area contributed by atoms with Crippen LogP contribution in [0.5, 0.6) is 0 Å². The highest BCUT2D eigenvalue weighted by atomic mass is 16.5. The number of benzene rings is 1. The third kappa shape index (κ3) is 7.33.